The van der Waals surface area contributed by atoms with Crippen LogP contribution in [0.1, 0.15) is 19.8 Å². The van der Waals surface area contributed by atoms with Gasteiger partial charge in [0.25, 0.3) is 0 Å². The minimum atomic E-state index is 0.459. The van der Waals surface area contributed by atoms with Gasteiger partial charge in [-0.15, -0.1) is 0 Å². The van der Waals surface area contributed by atoms with Crippen molar-refractivity contribution >= 4 is 0 Å². The third-order valence-corrected chi connectivity index (χ3v) is 2.09. The Morgan fingerprint density at radius 1 is 1.64 bits per heavy atom. The standard InChI is InChI=1S/C9H17NO/c1-7(2)6-11-9-3-8(4-9)5-10/h8-9H,1,3-6,10H2,2H3/t8-,9-. The Balaban J connectivity index is 2.00. The predicted molar refractivity (Wildman–Crippen MR) is 46.3 cm³/mol. The lowest BCUT2D eigenvalue weighted by atomic mass is 9.82. The van der Waals surface area contributed by atoms with Crippen molar-refractivity contribution in [2.24, 2.45) is 11.7 Å². The fourth-order valence-electron chi connectivity index (χ4n) is 1.26. The van der Waals surface area contributed by atoms with Crippen LogP contribution in [0.3, 0.4) is 0 Å². The van der Waals surface area contributed by atoms with Crippen molar-refractivity contribution in [3.8, 4) is 0 Å². The molecule has 1 rings (SSSR count). The van der Waals surface area contributed by atoms with Crippen LogP contribution in [0.25, 0.3) is 0 Å². The van der Waals surface area contributed by atoms with E-state index in [0.29, 0.717) is 18.6 Å². The van der Waals surface area contributed by atoms with Crippen molar-refractivity contribution < 1.29 is 4.74 Å². The summed E-state index contributed by atoms with van der Waals surface area (Å²) in [5, 5.41) is 0. The van der Waals surface area contributed by atoms with Crippen molar-refractivity contribution in [3.63, 3.8) is 0 Å². The molecular formula is C9H17NO. The van der Waals surface area contributed by atoms with E-state index in [1.54, 1.807) is 0 Å². The Morgan fingerprint density at radius 3 is 2.73 bits per heavy atom. The zero-order valence-corrected chi connectivity index (χ0v) is 7.18. The first-order chi connectivity index (χ1) is 5.22. The van der Waals surface area contributed by atoms with E-state index in [1.807, 2.05) is 6.92 Å². The van der Waals surface area contributed by atoms with Gasteiger partial charge in [0.15, 0.2) is 0 Å². The predicted octanol–water partition coefficient (Wildman–Crippen LogP) is 1.32. The summed E-state index contributed by atoms with van der Waals surface area (Å²) in [6, 6.07) is 0. The van der Waals surface area contributed by atoms with Gasteiger partial charge < -0.3 is 10.5 Å². The first-order valence-electron chi connectivity index (χ1n) is 4.18. The SMILES string of the molecule is C=C(C)CO[C@H]1C[C@H](CN)C1. The average molecular weight is 155 g/mol. The number of hydrogen-bond donors (Lipinski definition) is 1. The minimum Gasteiger partial charge on any atom is -0.374 e. The Kier molecular flexibility index (Phi) is 3.09. The van der Waals surface area contributed by atoms with E-state index in [-0.39, 0.29) is 0 Å². The van der Waals surface area contributed by atoms with Crippen LogP contribution in [0.4, 0.5) is 0 Å². The summed E-state index contributed by atoms with van der Waals surface area (Å²) < 4.78 is 5.52. The number of ether oxygens (including phenoxy) is 1. The van der Waals surface area contributed by atoms with Crippen molar-refractivity contribution in [3.05, 3.63) is 12.2 Å². The van der Waals surface area contributed by atoms with Gasteiger partial charge in [-0.05, 0) is 32.2 Å². The third kappa shape index (κ3) is 2.64. The smallest absolute Gasteiger partial charge is 0.0675 e. The first kappa shape index (κ1) is 8.75. The summed E-state index contributed by atoms with van der Waals surface area (Å²) in [5.74, 6) is 0.713. The molecule has 2 nitrogen and oxygen atoms in total. The van der Waals surface area contributed by atoms with E-state index in [0.717, 1.165) is 25.0 Å². The molecule has 0 amide bonds. The summed E-state index contributed by atoms with van der Waals surface area (Å²) in [4.78, 5) is 0. The lowest BCUT2D eigenvalue weighted by molar-refractivity contribution is -0.0170. The maximum atomic E-state index is 5.52. The molecule has 11 heavy (non-hydrogen) atoms. The van der Waals surface area contributed by atoms with Crippen molar-refractivity contribution in [2.75, 3.05) is 13.2 Å². The van der Waals surface area contributed by atoms with Crippen molar-refractivity contribution in [1.29, 1.82) is 0 Å². The number of rotatable bonds is 4. The zero-order valence-electron chi connectivity index (χ0n) is 7.18. The summed E-state index contributed by atoms with van der Waals surface area (Å²) in [6.45, 7) is 7.28. The topological polar surface area (TPSA) is 35.2 Å². The van der Waals surface area contributed by atoms with Crippen LogP contribution in [0.15, 0.2) is 12.2 Å². The highest BCUT2D eigenvalue weighted by Crippen LogP contribution is 2.28. The first-order valence-corrected chi connectivity index (χ1v) is 4.18. The summed E-state index contributed by atoms with van der Waals surface area (Å²) >= 11 is 0. The van der Waals surface area contributed by atoms with E-state index < -0.39 is 0 Å². The van der Waals surface area contributed by atoms with Gasteiger partial charge >= 0.3 is 0 Å². The van der Waals surface area contributed by atoms with E-state index in [1.165, 1.54) is 0 Å². The van der Waals surface area contributed by atoms with E-state index in [4.69, 9.17) is 10.5 Å². The molecule has 1 aliphatic rings. The number of nitrogens with two attached hydrogens (primary N) is 1. The van der Waals surface area contributed by atoms with Gasteiger partial charge in [-0.2, -0.15) is 0 Å². The summed E-state index contributed by atoms with van der Waals surface area (Å²) in [6.07, 6.45) is 2.74. The fraction of sp³-hybridized carbons (Fsp3) is 0.778. The van der Waals surface area contributed by atoms with Crippen LogP contribution in [0.2, 0.25) is 0 Å². The Hall–Kier alpha value is -0.340. The maximum absolute atomic E-state index is 5.52. The van der Waals surface area contributed by atoms with Gasteiger partial charge in [-0.3, -0.25) is 0 Å². The number of hydrogen-bond acceptors (Lipinski definition) is 2. The second-order valence-corrected chi connectivity index (χ2v) is 3.46. The zero-order chi connectivity index (χ0) is 8.27. The largest absolute Gasteiger partial charge is 0.374 e. The van der Waals surface area contributed by atoms with Gasteiger partial charge in [0.2, 0.25) is 0 Å². The highest BCUT2D eigenvalue weighted by Gasteiger charge is 2.28. The van der Waals surface area contributed by atoms with Crippen LogP contribution in [0.5, 0.6) is 0 Å². The molecule has 0 heterocycles. The Labute approximate surface area is 68.4 Å². The Morgan fingerprint density at radius 2 is 2.27 bits per heavy atom. The third-order valence-electron chi connectivity index (χ3n) is 2.09. The monoisotopic (exact) mass is 155 g/mol. The molecule has 1 aliphatic carbocycles. The van der Waals surface area contributed by atoms with Gasteiger partial charge in [-0.1, -0.05) is 12.2 Å². The normalized spacial score (nSPS) is 29.6. The molecule has 0 aromatic rings. The molecule has 2 heteroatoms. The van der Waals surface area contributed by atoms with Gasteiger partial charge in [0.05, 0.1) is 12.7 Å². The minimum absolute atomic E-state index is 0.459. The molecule has 64 valence electrons. The Bertz CT molecular complexity index is 138. The molecule has 1 saturated carbocycles. The summed E-state index contributed by atoms with van der Waals surface area (Å²) in [7, 11) is 0. The van der Waals surface area contributed by atoms with Crippen LogP contribution in [-0.2, 0) is 4.74 Å². The molecule has 0 aromatic heterocycles. The van der Waals surface area contributed by atoms with Gasteiger partial charge in [-0.25, -0.2) is 0 Å². The van der Waals surface area contributed by atoms with E-state index in [2.05, 4.69) is 6.58 Å². The molecule has 1 fully saturated rings. The molecule has 0 radical (unpaired) electrons. The summed E-state index contributed by atoms with van der Waals surface area (Å²) in [5.41, 5.74) is 6.58. The molecule has 0 unspecified atom stereocenters. The lowest BCUT2D eigenvalue weighted by Crippen LogP contribution is -2.36. The van der Waals surface area contributed by atoms with Crippen LogP contribution >= 0.6 is 0 Å². The molecular weight excluding hydrogens is 138 g/mol. The molecule has 0 saturated heterocycles. The molecule has 0 aliphatic heterocycles. The van der Waals surface area contributed by atoms with E-state index >= 15 is 0 Å². The fourth-order valence-corrected chi connectivity index (χ4v) is 1.26. The molecule has 2 N–H and O–H groups in total. The average Bonchev–Trinajstić information content (AvgIpc) is 1.84. The van der Waals surface area contributed by atoms with Crippen LogP contribution < -0.4 is 5.73 Å². The van der Waals surface area contributed by atoms with Gasteiger partial charge in [0.1, 0.15) is 0 Å². The van der Waals surface area contributed by atoms with Gasteiger partial charge in [0, 0.05) is 0 Å². The second kappa shape index (κ2) is 3.88. The van der Waals surface area contributed by atoms with E-state index in [9.17, 15) is 0 Å². The highest BCUT2D eigenvalue weighted by molar-refractivity contribution is 4.89. The van der Waals surface area contributed by atoms with Crippen LogP contribution in [0, 0.1) is 5.92 Å². The lowest BCUT2D eigenvalue weighted by Gasteiger charge is -2.34. The quantitative estimate of drug-likeness (QED) is 0.621. The molecule has 0 spiro atoms. The van der Waals surface area contributed by atoms with Crippen molar-refractivity contribution in [1.82, 2.24) is 0 Å². The molecule has 0 atom stereocenters. The molecule has 0 bridgehead atoms. The molecule has 0 aromatic carbocycles. The van der Waals surface area contributed by atoms with Crippen LogP contribution in [-0.4, -0.2) is 19.3 Å². The van der Waals surface area contributed by atoms with Crippen molar-refractivity contribution in [2.45, 2.75) is 25.9 Å². The highest BCUT2D eigenvalue weighted by atomic mass is 16.5. The maximum Gasteiger partial charge on any atom is 0.0675 e. The second-order valence-electron chi connectivity index (χ2n) is 3.46.